The van der Waals surface area contributed by atoms with Gasteiger partial charge in [0.1, 0.15) is 0 Å². The molecule has 2 aliphatic rings. The highest BCUT2D eigenvalue weighted by molar-refractivity contribution is 7.92. The number of benzene rings is 3. The molecule has 0 bridgehead atoms. The first-order chi connectivity index (χ1) is 16.7. The monoisotopic (exact) mass is 490 g/mol. The van der Waals surface area contributed by atoms with Gasteiger partial charge >= 0.3 is 0 Å². The number of Topliss-reactive ketones (excluding diaryl/α,β-unsaturated/α-hetero) is 2. The molecular formula is C27H26N2O5S. The van der Waals surface area contributed by atoms with Crippen molar-refractivity contribution in [3.8, 4) is 0 Å². The highest BCUT2D eigenvalue weighted by atomic mass is 32.2. The molecule has 8 heteroatoms. The van der Waals surface area contributed by atoms with Crippen LogP contribution in [0, 0.1) is 5.92 Å². The van der Waals surface area contributed by atoms with E-state index in [-0.39, 0.29) is 34.5 Å². The van der Waals surface area contributed by atoms with E-state index in [1.807, 2.05) is 24.3 Å². The number of ether oxygens (including phenoxy) is 1. The van der Waals surface area contributed by atoms with Gasteiger partial charge in [-0.15, -0.1) is 0 Å². The van der Waals surface area contributed by atoms with Gasteiger partial charge in [0.05, 0.1) is 17.0 Å². The van der Waals surface area contributed by atoms with Crippen LogP contribution in [0.2, 0.25) is 0 Å². The van der Waals surface area contributed by atoms with Crippen molar-refractivity contribution < 1.29 is 22.7 Å². The number of nitrogens with one attached hydrogen (secondary N) is 2. The first-order valence-electron chi connectivity index (χ1n) is 11.5. The highest BCUT2D eigenvalue weighted by Gasteiger charge is 2.42. The predicted molar refractivity (Wildman–Crippen MR) is 133 cm³/mol. The quantitative estimate of drug-likeness (QED) is 0.464. The van der Waals surface area contributed by atoms with Gasteiger partial charge in [0.25, 0.3) is 10.0 Å². The van der Waals surface area contributed by atoms with E-state index < -0.39 is 10.0 Å². The Hall–Kier alpha value is -3.49. The number of ketones is 2. The fourth-order valence-corrected chi connectivity index (χ4v) is 5.98. The van der Waals surface area contributed by atoms with E-state index >= 15 is 0 Å². The van der Waals surface area contributed by atoms with Crippen molar-refractivity contribution in [3.05, 3.63) is 89.0 Å². The Morgan fingerprint density at radius 2 is 1.69 bits per heavy atom. The van der Waals surface area contributed by atoms with Gasteiger partial charge < -0.3 is 10.1 Å². The predicted octanol–water partition coefficient (Wildman–Crippen LogP) is 5.14. The summed E-state index contributed by atoms with van der Waals surface area (Å²) in [6, 6.07) is 18.9. The van der Waals surface area contributed by atoms with Crippen molar-refractivity contribution in [1.82, 2.24) is 0 Å². The lowest BCUT2D eigenvalue weighted by Gasteiger charge is -2.36. The second-order valence-electron chi connectivity index (χ2n) is 9.04. The van der Waals surface area contributed by atoms with Gasteiger partial charge in [0.15, 0.2) is 11.6 Å². The minimum atomic E-state index is -3.85. The molecule has 0 spiro atoms. The fraction of sp³-hybridized carbons (Fsp3) is 0.259. The number of carbonyl (C=O) groups excluding carboxylic acids is 2. The number of fused-ring (bicyclic) bond motifs is 3. The molecule has 180 valence electrons. The summed E-state index contributed by atoms with van der Waals surface area (Å²) in [7, 11) is -3.85. The van der Waals surface area contributed by atoms with Gasteiger partial charge in [-0.05, 0) is 74.4 Å². The standard InChI is InChI=1S/C27H26N2O5S/c1-16(30)18-6-8-21(9-7-18)29-35(32,33)22-10-11-25-24(15-22)27-23(12-13-34-27)26(28-25)20-5-3-4-19(14-20)17(2)31/h3-11,14-15,23,26-29H,12-13H2,1-2H3/t23-,26?,27-/m0/s1. The van der Waals surface area contributed by atoms with Crippen molar-refractivity contribution in [1.29, 1.82) is 0 Å². The van der Waals surface area contributed by atoms with E-state index in [2.05, 4.69) is 10.0 Å². The van der Waals surface area contributed by atoms with Crippen LogP contribution in [-0.2, 0) is 14.8 Å². The Balaban J connectivity index is 1.45. The molecule has 3 aromatic carbocycles. The highest BCUT2D eigenvalue weighted by Crippen LogP contribution is 2.50. The van der Waals surface area contributed by atoms with Crippen molar-refractivity contribution in [2.45, 2.75) is 37.3 Å². The number of carbonyl (C=O) groups is 2. The number of hydrogen-bond donors (Lipinski definition) is 2. The molecule has 3 aromatic rings. The summed E-state index contributed by atoms with van der Waals surface area (Å²) in [5.74, 6) is 0.0364. The van der Waals surface area contributed by atoms with Gasteiger partial charge in [0.2, 0.25) is 0 Å². The maximum atomic E-state index is 13.1. The van der Waals surface area contributed by atoms with Gasteiger partial charge in [0, 0.05) is 40.6 Å². The zero-order valence-electron chi connectivity index (χ0n) is 19.4. The van der Waals surface area contributed by atoms with Crippen LogP contribution in [0.25, 0.3) is 0 Å². The molecule has 35 heavy (non-hydrogen) atoms. The zero-order chi connectivity index (χ0) is 24.7. The third-order valence-corrected chi connectivity index (χ3v) is 8.09. The van der Waals surface area contributed by atoms with Crippen molar-refractivity contribution in [3.63, 3.8) is 0 Å². The molecule has 3 atom stereocenters. The number of hydrogen-bond acceptors (Lipinski definition) is 6. The summed E-state index contributed by atoms with van der Waals surface area (Å²) >= 11 is 0. The number of anilines is 2. The van der Waals surface area contributed by atoms with Gasteiger partial charge in [-0.2, -0.15) is 0 Å². The van der Waals surface area contributed by atoms with Gasteiger partial charge in [-0.1, -0.05) is 18.2 Å². The van der Waals surface area contributed by atoms with E-state index in [1.165, 1.54) is 6.92 Å². The van der Waals surface area contributed by atoms with Crippen LogP contribution in [0.15, 0.2) is 71.6 Å². The van der Waals surface area contributed by atoms with Crippen molar-refractivity contribution in [2.75, 3.05) is 16.6 Å². The zero-order valence-corrected chi connectivity index (χ0v) is 20.3. The first kappa shape index (κ1) is 23.3. The minimum absolute atomic E-state index is 0.0144. The normalized spacial score (nSPS) is 20.9. The molecule has 2 N–H and O–H groups in total. The Labute approximate surface area is 204 Å². The summed E-state index contributed by atoms with van der Waals surface area (Å²) in [4.78, 5) is 23.5. The van der Waals surface area contributed by atoms with E-state index in [0.29, 0.717) is 23.4 Å². The molecule has 0 saturated carbocycles. The van der Waals surface area contributed by atoms with Crippen LogP contribution >= 0.6 is 0 Å². The summed E-state index contributed by atoms with van der Waals surface area (Å²) < 4.78 is 34.9. The summed E-state index contributed by atoms with van der Waals surface area (Å²) in [6.07, 6.45) is 0.575. The van der Waals surface area contributed by atoms with E-state index in [0.717, 1.165) is 23.2 Å². The molecule has 7 nitrogen and oxygen atoms in total. The second kappa shape index (κ2) is 8.94. The molecule has 0 aromatic heterocycles. The molecule has 0 amide bonds. The Morgan fingerprint density at radius 1 is 0.943 bits per heavy atom. The molecule has 2 aliphatic heterocycles. The van der Waals surface area contributed by atoms with E-state index in [4.69, 9.17) is 4.74 Å². The van der Waals surface area contributed by atoms with Crippen LogP contribution in [0.1, 0.15) is 64.3 Å². The van der Waals surface area contributed by atoms with Crippen molar-refractivity contribution >= 4 is 33.0 Å². The summed E-state index contributed by atoms with van der Waals surface area (Å²) in [6.45, 7) is 3.60. The van der Waals surface area contributed by atoms with Crippen LogP contribution in [0.5, 0.6) is 0 Å². The van der Waals surface area contributed by atoms with Crippen LogP contribution < -0.4 is 10.0 Å². The molecule has 1 saturated heterocycles. The van der Waals surface area contributed by atoms with Gasteiger partial charge in [-0.3, -0.25) is 14.3 Å². The lowest BCUT2D eigenvalue weighted by molar-refractivity contribution is 0.0827. The average Bonchev–Trinajstić information content (AvgIpc) is 3.34. The third-order valence-electron chi connectivity index (χ3n) is 6.71. The SMILES string of the molecule is CC(=O)c1ccc(NS(=O)(=O)c2ccc3c(c2)[C@H]2OCC[C@H]2C(c2cccc(C(C)=O)c2)N3)cc1. The van der Waals surface area contributed by atoms with Crippen LogP contribution in [0.4, 0.5) is 11.4 Å². The molecule has 2 heterocycles. The van der Waals surface area contributed by atoms with Crippen LogP contribution in [0.3, 0.4) is 0 Å². The minimum Gasteiger partial charge on any atom is -0.378 e. The van der Waals surface area contributed by atoms with Crippen LogP contribution in [-0.4, -0.2) is 26.6 Å². The largest absolute Gasteiger partial charge is 0.378 e. The maximum absolute atomic E-state index is 13.1. The average molecular weight is 491 g/mol. The fourth-order valence-electron chi connectivity index (χ4n) is 4.89. The molecule has 5 rings (SSSR count). The third kappa shape index (κ3) is 4.47. The van der Waals surface area contributed by atoms with E-state index in [9.17, 15) is 18.0 Å². The van der Waals surface area contributed by atoms with E-state index in [1.54, 1.807) is 49.4 Å². The Kier molecular flexibility index (Phi) is 5.94. The summed E-state index contributed by atoms with van der Waals surface area (Å²) in [5.41, 5.74) is 4.19. The maximum Gasteiger partial charge on any atom is 0.261 e. The smallest absolute Gasteiger partial charge is 0.261 e. The lowest BCUT2D eigenvalue weighted by Crippen LogP contribution is -2.29. The first-order valence-corrected chi connectivity index (χ1v) is 13.0. The Bertz CT molecular complexity index is 1420. The molecule has 0 radical (unpaired) electrons. The topological polar surface area (TPSA) is 102 Å². The molecule has 1 unspecified atom stereocenters. The molecule has 1 fully saturated rings. The number of sulfonamides is 1. The molecule has 0 aliphatic carbocycles. The number of rotatable bonds is 6. The Morgan fingerprint density at radius 3 is 2.40 bits per heavy atom. The summed E-state index contributed by atoms with van der Waals surface area (Å²) in [5, 5.41) is 3.56. The second-order valence-corrected chi connectivity index (χ2v) is 10.7. The van der Waals surface area contributed by atoms with Gasteiger partial charge in [-0.25, -0.2) is 8.42 Å². The van der Waals surface area contributed by atoms with Crippen molar-refractivity contribution in [2.24, 2.45) is 5.92 Å². The molecular weight excluding hydrogens is 464 g/mol. The lowest BCUT2D eigenvalue weighted by atomic mass is 9.80.